The fourth-order valence-corrected chi connectivity index (χ4v) is 3.60. The Hall–Kier alpha value is -0.950. The molecular weight excluding hydrogens is 286 g/mol. The van der Waals surface area contributed by atoms with E-state index in [1.165, 1.54) is 4.88 Å². The lowest BCUT2D eigenvalue weighted by Crippen LogP contribution is -2.38. The van der Waals surface area contributed by atoms with E-state index in [1.807, 2.05) is 11.0 Å². The second-order valence-corrected chi connectivity index (χ2v) is 6.92. The highest BCUT2D eigenvalue weighted by Crippen LogP contribution is 2.46. The van der Waals surface area contributed by atoms with E-state index in [0.717, 1.165) is 39.1 Å². The SMILES string of the molecule is COCCN(C)CCN1C(=O)C2(CC2)NC1c1cccs1. The summed E-state index contributed by atoms with van der Waals surface area (Å²) < 4.78 is 5.10. The van der Waals surface area contributed by atoms with E-state index in [0.29, 0.717) is 0 Å². The number of rotatable bonds is 7. The summed E-state index contributed by atoms with van der Waals surface area (Å²) in [6, 6.07) is 4.16. The van der Waals surface area contributed by atoms with Gasteiger partial charge in [-0.1, -0.05) is 6.07 Å². The van der Waals surface area contributed by atoms with Crippen molar-refractivity contribution in [2.24, 2.45) is 0 Å². The van der Waals surface area contributed by atoms with E-state index in [9.17, 15) is 4.79 Å². The lowest BCUT2D eigenvalue weighted by atomic mass is 10.3. The van der Waals surface area contributed by atoms with E-state index in [-0.39, 0.29) is 17.6 Å². The van der Waals surface area contributed by atoms with Gasteiger partial charge in [-0.05, 0) is 31.3 Å². The molecule has 2 heterocycles. The Balaban J connectivity index is 1.64. The summed E-state index contributed by atoms with van der Waals surface area (Å²) in [7, 11) is 3.78. The first-order chi connectivity index (χ1) is 10.2. The molecule has 0 bridgehead atoms. The van der Waals surface area contributed by atoms with Gasteiger partial charge in [0.15, 0.2) is 0 Å². The van der Waals surface area contributed by atoms with Gasteiger partial charge in [-0.15, -0.1) is 11.3 Å². The summed E-state index contributed by atoms with van der Waals surface area (Å²) in [6.07, 6.45) is 2.00. The van der Waals surface area contributed by atoms with Gasteiger partial charge in [-0.3, -0.25) is 10.1 Å². The Kier molecular flexibility index (Phi) is 4.31. The third-order valence-electron chi connectivity index (χ3n) is 4.36. The molecule has 116 valence electrons. The molecule has 1 saturated carbocycles. The molecule has 1 spiro atoms. The number of nitrogens with zero attached hydrogens (tertiary/aromatic N) is 2. The minimum Gasteiger partial charge on any atom is -0.383 e. The average molecular weight is 309 g/mol. The fraction of sp³-hybridized carbons (Fsp3) is 0.667. The molecule has 1 atom stereocenters. The van der Waals surface area contributed by atoms with Crippen LogP contribution in [0.3, 0.4) is 0 Å². The number of methoxy groups -OCH3 is 1. The van der Waals surface area contributed by atoms with Crippen molar-refractivity contribution in [3.8, 4) is 0 Å². The van der Waals surface area contributed by atoms with Gasteiger partial charge < -0.3 is 14.5 Å². The second-order valence-electron chi connectivity index (χ2n) is 5.94. The number of carbonyl (C=O) groups excluding carboxylic acids is 1. The van der Waals surface area contributed by atoms with Crippen LogP contribution in [0.5, 0.6) is 0 Å². The summed E-state index contributed by atoms with van der Waals surface area (Å²) in [4.78, 5) is 18.1. The molecule has 3 rings (SSSR count). The van der Waals surface area contributed by atoms with E-state index in [2.05, 4.69) is 28.7 Å². The zero-order chi connectivity index (χ0) is 14.9. The Labute approximate surface area is 129 Å². The van der Waals surface area contributed by atoms with Crippen LogP contribution in [0.4, 0.5) is 0 Å². The van der Waals surface area contributed by atoms with Crippen molar-refractivity contribution < 1.29 is 9.53 Å². The van der Waals surface area contributed by atoms with Crippen LogP contribution in [0.2, 0.25) is 0 Å². The molecule has 1 aromatic heterocycles. The molecule has 1 aromatic rings. The maximum Gasteiger partial charge on any atom is 0.244 e. The highest BCUT2D eigenvalue weighted by Gasteiger charge is 2.59. The lowest BCUT2D eigenvalue weighted by Gasteiger charge is -2.26. The molecule has 6 heteroatoms. The quantitative estimate of drug-likeness (QED) is 0.824. The molecule has 2 fully saturated rings. The zero-order valence-corrected chi connectivity index (χ0v) is 13.5. The Morgan fingerprint density at radius 1 is 1.52 bits per heavy atom. The molecule has 0 radical (unpaired) electrons. The Morgan fingerprint density at radius 3 is 2.95 bits per heavy atom. The number of nitrogens with one attached hydrogen (secondary N) is 1. The van der Waals surface area contributed by atoms with Crippen LogP contribution in [0.1, 0.15) is 23.9 Å². The van der Waals surface area contributed by atoms with Gasteiger partial charge in [-0.2, -0.15) is 0 Å². The van der Waals surface area contributed by atoms with E-state index >= 15 is 0 Å². The van der Waals surface area contributed by atoms with Crippen molar-refractivity contribution >= 4 is 17.2 Å². The Bertz CT molecular complexity index is 487. The van der Waals surface area contributed by atoms with Gasteiger partial charge in [0.1, 0.15) is 11.7 Å². The molecular formula is C15H23N3O2S. The maximum absolute atomic E-state index is 12.6. The third kappa shape index (κ3) is 2.99. The summed E-state index contributed by atoms with van der Waals surface area (Å²) in [5, 5.41) is 5.63. The van der Waals surface area contributed by atoms with Crippen molar-refractivity contribution in [2.45, 2.75) is 24.5 Å². The molecule has 1 amide bonds. The summed E-state index contributed by atoms with van der Waals surface area (Å²) in [6.45, 7) is 3.24. The van der Waals surface area contributed by atoms with Crippen LogP contribution in [-0.4, -0.2) is 61.6 Å². The van der Waals surface area contributed by atoms with Crippen LogP contribution >= 0.6 is 11.3 Å². The van der Waals surface area contributed by atoms with Gasteiger partial charge in [0.25, 0.3) is 0 Å². The van der Waals surface area contributed by atoms with Crippen LogP contribution < -0.4 is 5.32 Å². The standard InChI is InChI=1S/C15H23N3O2S/c1-17(9-10-20-2)7-8-18-13(12-4-3-11-21-12)16-15(5-6-15)14(18)19/h3-4,11,13,16H,5-10H2,1-2H3. The largest absolute Gasteiger partial charge is 0.383 e. The highest BCUT2D eigenvalue weighted by molar-refractivity contribution is 7.10. The van der Waals surface area contributed by atoms with Crippen molar-refractivity contribution in [1.29, 1.82) is 0 Å². The molecule has 1 N–H and O–H groups in total. The number of likely N-dealkylation sites (N-methyl/N-ethyl adjacent to an activating group) is 1. The van der Waals surface area contributed by atoms with Crippen molar-refractivity contribution in [3.63, 3.8) is 0 Å². The van der Waals surface area contributed by atoms with Crippen LogP contribution in [-0.2, 0) is 9.53 Å². The van der Waals surface area contributed by atoms with E-state index in [4.69, 9.17) is 4.74 Å². The number of hydrogen-bond acceptors (Lipinski definition) is 5. The highest BCUT2D eigenvalue weighted by atomic mass is 32.1. The minimum absolute atomic E-state index is 0.0517. The smallest absolute Gasteiger partial charge is 0.244 e. The topological polar surface area (TPSA) is 44.8 Å². The minimum atomic E-state index is -0.250. The molecule has 1 saturated heterocycles. The first-order valence-electron chi connectivity index (χ1n) is 7.46. The Morgan fingerprint density at radius 2 is 2.33 bits per heavy atom. The average Bonchev–Trinajstić information content (AvgIpc) is 2.95. The van der Waals surface area contributed by atoms with Gasteiger partial charge in [0, 0.05) is 31.6 Å². The van der Waals surface area contributed by atoms with E-state index in [1.54, 1.807) is 18.4 Å². The number of thiophene rings is 1. The molecule has 1 aliphatic heterocycles. The number of hydrogen-bond donors (Lipinski definition) is 1. The second kappa shape index (κ2) is 6.04. The normalized spacial score (nSPS) is 23.5. The molecule has 1 aliphatic carbocycles. The molecule has 2 aliphatic rings. The first kappa shape index (κ1) is 15.0. The third-order valence-corrected chi connectivity index (χ3v) is 5.28. The maximum atomic E-state index is 12.6. The molecule has 1 unspecified atom stereocenters. The number of amides is 1. The molecule has 21 heavy (non-hydrogen) atoms. The number of carbonyl (C=O) groups is 1. The van der Waals surface area contributed by atoms with E-state index < -0.39 is 0 Å². The lowest BCUT2D eigenvalue weighted by molar-refractivity contribution is -0.131. The van der Waals surface area contributed by atoms with Crippen LogP contribution in [0.15, 0.2) is 17.5 Å². The van der Waals surface area contributed by atoms with Crippen LogP contribution in [0, 0.1) is 0 Å². The molecule has 5 nitrogen and oxygen atoms in total. The fourth-order valence-electron chi connectivity index (χ4n) is 2.82. The van der Waals surface area contributed by atoms with Crippen molar-refractivity contribution in [2.75, 3.05) is 40.4 Å². The predicted molar refractivity (Wildman–Crippen MR) is 83.2 cm³/mol. The van der Waals surface area contributed by atoms with Gasteiger partial charge in [0.2, 0.25) is 5.91 Å². The predicted octanol–water partition coefficient (Wildman–Crippen LogP) is 1.29. The van der Waals surface area contributed by atoms with Crippen molar-refractivity contribution in [1.82, 2.24) is 15.1 Å². The first-order valence-corrected chi connectivity index (χ1v) is 8.34. The molecule has 0 aromatic carbocycles. The van der Waals surface area contributed by atoms with Crippen molar-refractivity contribution in [3.05, 3.63) is 22.4 Å². The summed E-state index contributed by atoms with van der Waals surface area (Å²) in [5.74, 6) is 0.279. The summed E-state index contributed by atoms with van der Waals surface area (Å²) >= 11 is 1.71. The van der Waals surface area contributed by atoms with Gasteiger partial charge in [0.05, 0.1) is 6.61 Å². The van der Waals surface area contributed by atoms with Gasteiger partial charge >= 0.3 is 0 Å². The summed E-state index contributed by atoms with van der Waals surface area (Å²) in [5.41, 5.74) is -0.250. The monoisotopic (exact) mass is 309 g/mol. The van der Waals surface area contributed by atoms with Crippen LogP contribution in [0.25, 0.3) is 0 Å². The number of ether oxygens (including phenoxy) is 1. The zero-order valence-electron chi connectivity index (χ0n) is 12.7. The van der Waals surface area contributed by atoms with Gasteiger partial charge in [-0.25, -0.2) is 0 Å².